The third kappa shape index (κ3) is 4.17. The Morgan fingerprint density at radius 1 is 1.30 bits per heavy atom. The predicted octanol–water partition coefficient (Wildman–Crippen LogP) is 4.98. The van der Waals surface area contributed by atoms with E-state index in [0.717, 1.165) is 36.9 Å². The van der Waals surface area contributed by atoms with Gasteiger partial charge in [0.2, 0.25) is 0 Å². The molecule has 4 heterocycles. The number of hydrogen-bond acceptors (Lipinski definition) is 5. The number of nitrogens with one attached hydrogen (secondary N) is 1. The first-order valence-corrected chi connectivity index (χ1v) is 11.0. The van der Waals surface area contributed by atoms with E-state index in [1.165, 1.54) is 18.2 Å². The van der Waals surface area contributed by atoms with E-state index in [9.17, 15) is 13.6 Å². The van der Waals surface area contributed by atoms with Crippen LogP contribution in [-0.2, 0) is 11.3 Å². The van der Waals surface area contributed by atoms with E-state index < -0.39 is 18.0 Å². The van der Waals surface area contributed by atoms with Gasteiger partial charge in [0.05, 0.1) is 29.4 Å². The first-order valence-electron chi connectivity index (χ1n) is 11.0. The normalized spacial score (nSPS) is 23.8. The zero-order chi connectivity index (χ0) is 23.4. The standard InChI is InChI=1S/C24H26F2N4O3/c1-14(2)33-19-8-18-15(9-30(29-18)12-24-10-23(3,11-24)32-13-24)7-16(19)22(31)28-20-6-4-5-17(27-20)21(25)26/h4-9,14,21H,10-13H2,1-3H3,(H,27,28,31). The molecule has 1 N–H and O–H groups in total. The SMILES string of the molecule is CC(C)Oc1cc2nn(CC34COC(C)(C3)C4)cc2cc1C(=O)Nc1cccc(C(F)F)n1. The van der Waals surface area contributed by atoms with Crippen molar-refractivity contribution in [2.45, 2.75) is 58.3 Å². The van der Waals surface area contributed by atoms with Gasteiger partial charge >= 0.3 is 0 Å². The molecule has 1 saturated carbocycles. The first-order chi connectivity index (χ1) is 15.6. The molecule has 2 aromatic heterocycles. The van der Waals surface area contributed by atoms with Gasteiger partial charge in [-0.2, -0.15) is 5.10 Å². The number of pyridine rings is 1. The molecule has 1 amide bonds. The zero-order valence-corrected chi connectivity index (χ0v) is 18.8. The van der Waals surface area contributed by atoms with Crippen LogP contribution in [-0.4, -0.2) is 39.0 Å². The van der Waals surface area contributed by atoms with Crippen molar-refractivity contribution in [1.82, 2.24) is 14.8 Å². The first kappa shape index (κ1) is 21.8. The lowest BCUT2D eigenvalue weighted by Gasteiger charge is -2.42. The fraction of sp³-hybridized carbons (Fsp3) is 0.458. The maximum atomic E-state index is 13.1. The quantitative estimate of drug-likeness (QED) is 0.543. The molecule has 3 aromatic rings. The van der Waals surface area contributed by atoms with E-state index in [0.29, 0.717) is 11.3 Å². The van der Waals surface area contributed by atoms with Crippen LogP contribution in [0.15, 0.2) is 36.5 Å². The van der Waals surface area contributed by atoms with Gasteiger partial charge in [0.15, 0.2) is 0 Å². The highest BCUT2D eigenvalue weighted by Crippen LogP contribution is 2.58. The molecule has 6 rings (SSSR count). The highest BCUT2D eigenvalue weighted by Gasteiger charge is 2.59. The Kier molecular flexibility index (Phi) is 5.12. The van der Waals surface area contributed by atoms with Crippen LogP contribution >= 0.6 is 0 Å². The molecular weight excluding hydrogens is 430 g/mol. The van der Waals surface area contributed by atoms with Crippen molar-refractivity contribution >= 4 is 22.6 Å². The Bertz CT molecular complexity index is 1220. The van der Waals surface area contributed by atoms with Crippen molar-refractivity contribution < 1.29 is 23.0 Å². The summed E-state index contributed by atoms with van der Waals surface area (Å²) < 4.78 is 39.6. The number of carbonyl (C=O) groups excluding carboxylic acids is 1. The van der Waals surface area contributed by atoms with Gasteiger partial charge in [-0.15, -0.1) is 0 Å². The highest BCUT2D eigenvalue weighted by molar-refractivity contribution is 6.08. The molecule has 1 aromatic carbocycles. The van der Waals surface area contributed by atoms with E-state index in [1.54, 1.807) is 12.1 Å². The smallest absolute Gasteiger partial charge is 0.280 e. The molecule has 2 aliphatic heterocycles. The van der Waals surface area contributed by atoms with Gasteiger partial charge in [-0.1, -0.05) is 6.07 Å². The second-order valence-electron chi connectivity index (χ2n) is 9.70. The molecule has 0 radical (unpaired) electrons. The van der Waals surface area contributed by atoms with Crippen LogP contribution in [0.1, 0.15) is 56.1 Å². The number of benzene rings is 1. The third-order valence-electron chi connectivity index (χ3n) is 6.22. The number of nitrogens with zero attached hydrogens (tertiary/aromatic N) is 3. The average molecular weight is 456 g/mol. The van der Waals surface area contributed by atoms with Crippen LogP contribution in [0.5, 0.6) is 5.75 Å². The van der Waals surface area contributed by atoms with Crippen molar-refractivity contribution in [3.8, 4) is 5.75 Å². The second kappa shape index (κ2) is 7.76. The van der Waals surface area contributed by atoms with Gasteiger partial charge in [-0.25, -0.2) is 13.8 Å². The number of ether oxygens (including phenoxy) is 2. The van der Waals surface area contributed by atoms with Gasteiger partial charge in [0, 0.05) is 29.6 Å². The molecule has 2 bridgehead atoms. The second-order valence-corrected chi connectivity index (χ2v) is 9.70. The molecule has 7 nitrogen and oxygen atoms in total. The van der Waals surface area contributed by atoms with E-state index in [-0.39, 0.29) is 22.9 Å². The van der Waals surface area contributed by atoms with Crippen LogP contribution in [0.25, 0.3) is 10.9 Å². The van der Waals surface area contributed by atoms with Crippen molar-refractivity contribution in [3.05, 3.63) is 47.8 Å². The van der Waals surface area contributed by atoms with Crippen LogP contribution in [0.4, 0.5) is 14.6 Å². The summed E-state index contributed by atoms with van der Waals surface area (Å²) in [5.41, 5.74) is 0.739. The number of carbonyl (C=O) groups is 1. The minimum atomic E-state index is -2.72. The summed E-state index contributed by atoms with van der Waals surface area (Å²) in [5.74, 6) is -0.0573. The minimum Gasteiger partial charge on any atom is -0.490 e. The van der Waals surface area contributed by atoms with Crippen molar-refractivity contribution in [2.24, 2.45) is 5.41 Å². The Morgan fingerprint density at radius 2 is 2.09 bits per heavy atom. The van der Waals surface area contributed by atoms with Gasteiger partial charge < -0.3 is 14.8 Å². The van der Waals surface area contributed by atoms with Crippen LogP contribution in [0.3, 0.4) is 0 Å². The molecule has 174 valence electrons. The highest BCUT2D eigenvalue weighted by atomic mass is 19.3. The molecule has 3 fully saturated rings. The molecule has 2 saturated heterocycles. The number of aromatic nitrogens is 3. The van der Waals surface area contributed by atoms with Gasteiger partial charge in [-0.3, -0.25) is 9.48 Å². The fourth-order valence-corrected chi connectivity index (χ4v) is 5.11. The summed E-state index contributed by atoms with van der Waals surface area (Å²) >= 11 is 0. The topological polar surface area (TPSA) is 78.3 Å². The van der Waals surface area contributed by atoms with Crippen LogP contribution in [0.2, 0.25) is 0 Å². The number of alkyl halides is 2. The summed E-state index contributed by atoms with van der Waals surface area (Å²) in [4.78, 5) is 16.9. The average Bonchev–Trinajstić information content (AvgIpc) is 3.36. The van der Waals surface area contributed by atoms with Crippen LogP contribution < -0.4 is 10.1 Å². The van der Waals surface area contributed by atoms with Gasteiger partial charge in [-0.05, 0) is 51.8 Å². The number of halogens is 2. The molecule has 0 atom stereocenters. The van der Waals surface area contributed by atoms with Gasteiger partial charge in [0.25, 0.3) is 12.3 Å². The largest absolute Gasteiger partial charge is 0.490 e. The fourth-order valence-electron chi connectivity index (χ4n) is 5.11. The van der Waals surface area contributed by atoms with Crippen molar-refractivity contribution in [3.63, 3.8) is 0 Å². The maximum Gasteiger partial charge on any atom is 0.280 e. The number of amides is 1. The molecule has 3 aliphatic rings. The van der Waals surface area contributed by atoms with E-state index in [2.05, 4.69) is 17.2 Å². The third-order valence-corrected chi connectivity index (χ3v) is 6.22. The van der Waals surface area contributed by atoms with E-state index in [4.69, 9.17) is 14.6 Å². The molecular formula is C24H26F2N4O3. The van der Waals surface area contributed by atoms with E-state index >= 15 is 0 Å². The molecule has 33 heavy (non-hydrogen) atoms. The number of fused-ring (bicyclic) bond motifs is 2. The lowest BCUT2D eigenvalue weighted by molar-refractivity contribution is -0.00122. The minimum absolute atomic E-state index is 0.00572. The molecule has 0 spiro atoms. The Hall–Kier alpha value is -3.07. The summed E-state index contributed by atoms with van der Waals surface area (Å²) in [6, 6.07) is 7.58. The number of hydrogen-bond donors (Lipinski definition) is 1. The summed E-state index contributed by atoms with van der Waals surface area (Å²) in [6.07, 6.45) is 1.08. The lowest BCUT2D eigenvalue weighted by Crippen LogP contribution is -2.44. The van der Waals surface area contributed by atoms with E-state index in [1.807, 2.05) is 24.7 Å². The summed E-state index contributed by atoms with van der Waals surface area (Å²) in [5, 5.41) is 8.11. The number of anilines is 1. The molecule has 1 aliphatic carbocycles. The Balaban J connectivity index is 1.43. The van der Waals surface area contributed by atoms with Crippen molar-refractivity contribution in [1.29, 1.82) is 0 Å². The lowest BCUT2D eigenvalue weighted by atomic mass is 9.63. The summed E-state index contributed by atoms with van der Waals surface area (Å²) in [7, 11) is 0. The Labute approximate surface area is 190 Å². The molecule has 0 unspecified atom stereocenters. The summed E-state index contributed by atoms with van der Waals surface area (Å²) in [6.45, 7) is 7.36. The van der Waals surface area contributed by atoms with Crippen molar-refractivity contribution in [2.75, 3.05) is 11.9 Å². The Morgan fingerprint density at radius 3 is 2.76 bits per heavy atom. The zero-order valence-electron chi connectivity index (χ0n) is 18.8. The predicted molar refractivity (Wildman–Crippen MR) is 119 cm³/mol. The van der Waals surface area contributed by atoms with Crippen LogP contribution in [0, 0.1) is 5.41 Å². The number of rotatable bonds is 7. The van der Waals surface area contributed by atoms with Gasteiger partial charge in [0.1, 0.15) is 17.3 Å². The monoisotopic (exact) mass is 456 g/mol. The molecule has 9 heteroatoms. The maximum absolute atomic E-state index is 13.1.